The molecular weight excluding hydrogens is 255 g/mol. The van der Waals surface area contributed by atoms with E-state index in [0.29, 0.717) is 11.5 Å². The van der Waals surface area contributed by atoms with Gasteiger partial charge >= 0.3 is 0 Å². The monoisotopic (exact) mass is 268 g/mol. The minimum absolute atomic E-state index is 0.00106. The van der Waals surface area contributed by atoms with E-state index in [1.165, 1.54) is 18.2 Å². The maximum absolute atomic E-state index is 13.1. The van der Waals surface area contributed by atoms with E-state index in [1.807, 2.05) is 4.90 Å². The fourth-order valence-corrected chi connectivity index (χ4v) is 3.08. The van der Waals surface area contributed by atoms with Gasteiger partial charge in [0, 0.05) is 31.2 Å². The van der Waals surface area contributed by atoms with Crippen molar-refractivity contribution >= 4 is 17.5 Å². The fraction of sp³-hybridized carbons (Fsp3) is 0.462. The van der Waals surface area contributed by atoms with E-state index in [-0.39, 0.29) is 17.0 Å². The van der Waals surface area contributed by atoms with E-state index in [0.717, 1.165) is 26.1 Å². The van der Waals surface area contributed by atoms with E-state index < -0.39 is 5.82 Å². The molecule has 1 aromatic rings. The first-order chi connectivity index (χ1) is 8.66. The average molecular weight is 269 g/mol. The first-order valence-electron chi connectivity index (χ1n) is 6.13. The lowest BCUT2D eigenvalue weighted by molar-refractivity contribution is 0.0737. The first-order valence-corrected chi connectivity index (χ1v) is 6.51. The Kier molecular flexibility index (Phi) is 2.99. The molecule has 3 nitrogen and oxygen atoms in total. The second-order valence-electron chi connectivity index (χ2n) is 4.90. The normalized spacial score (nSPS) is 26.4. The molecule has 2 aliphatic heterocycles. The van der Waals surface area contributed by atoms with Gasteiger partial charge in [0.15, 0.2) is 0 Å². The van der Waals surface area contributed by atoms with E-state index in [1.54, 1.807) is 0 Å². The van der Waals surface area contributed by atoms with E-state index in [4.69, 9.17) is 11.6 Å². The molecule has 3 rings (SSSR count). The van der Waals surface area contributed by atoms with Crippen LogP contribution in [0.3, 0.4) is 0 Å². The number of amides is 1. The summed E-state index contributed by atoms with van der Waals surface area (Å²) in [5.41, 5.74) is 0.467. The van der Waals surface area contributed by atoms with Gasteiger partial charge in [0.05, 0.1) is 5.02 Å². The van der Waals surface area contributed by atoms with Crippen LogP contribution in [0.5, 0.6) is 0 Å². The summed E-state index contributed by atoms with van der Waals surface area (Å²) in [6, 6.07) is 4.44. The molecule has 0 radical (unpaired) electrons. The number of nitrogens with zero attached hydrogens (tertiary/aromatic N) is 1. The molecule has 1 aromatic carbocycles. The molecule has 2 saturated heterocycles. The second-order valence-corrected chi connectivity index (χ2v) is 5.31. The van der Waals surface area contributed by atoms with E-state index >= 15 is 0 Å². The summed E-state index contributed by atoms with van der Waals surface area (Å²) in [7, 11) is 0. The van der Waals surface area contributed by atoms with Crippen LogP contribution in [-0.4, -0.2) is 36.5 Å². The SMILES string of the molecule is O=C(c1ccc(F)c(Cl)c1)N1CC[C@H]2CNC[C@H]21. The maximum Gasteiger partial charge on any atom is 0.254 e. The molecule has 0 saturated carbocycles. The Morgan fingerprint density at radius 3 is 3.06 bits per heavy atom. The molecule has 2 heterocycles. The zero-order valence-electron chi connectivity index (χ0n) is 9.83. The number of carbonyl (C=O) groups excluding carboxylic acids is 1. The Hall–Kier alpha value is -1.13. The summed E-state index contributed by atoms with van der Waals surface area (Å²) >= 11 is 5.72. The lowest BCUT2D eigenvalue weighted by Crippen LogP contribution is -2.39. The van der Waals surface area contributed by atoms with Crippen molar-refractivity contribution in [3.8, 4) is 0 Å². The van der Waals surface area contributed by atoms with Crippen molar-refractivity contribution < 1.29 is 9.18 Å². The van der Waals surface area contributed by atoms with Crippen molar-refractivity contribution in [1.82, 2.24) is 10.2 Å². The number of likely N-dealkylation sites (tertiary alicyclic amines) is 1. The Balaban J connectivity index is 1.84. The Morgan fingerprint density at radius 1 is 1.44 bits per heavy atom. The Bertz CT molecular complexity index is 494. The third-order valence-corrected chi connectivity index (χ3v) is 4.16. The molecule has 1 amide bonds. The van der Waals surface area contributed by atoms with Crippen molar-refractivity contribution in [1.29, 1.82) is 0 Å². The van der Waals surface area contributed by atoms with Crippen molar-refractivity contribution in [2.45, 2.75) is 12.5 Å². The van der Waals surface area contributed by atoms with Gasteiger partial charge < -0.3 is 10.2 Å². The highest BCUT2D eigenvalue weighted by Crippen LogP contribution is 2.29. The van der Waals surface area contributed by atoms with Gasteiger partial charge in [0.1, 0.15) is 5.82 Å². The number of rotatable bonds is 1. The number of carbonyl (C=O) groups is 1. The van der Waals surface area contributed by atoms with Gasteiger partial charge in [-0.05, 0) is 30.5 Å². The van der Waals surface area contributed by atoms with Gasteiger partial charge in [-0.15, -0.1) is 0 Å². The highest BCUT2D eigenvalue weighted by Gasteiger charge is 2.40. The summed E-state index contributed by atoms with van der Waals surface area (Å²) in [6.07, 6.45) is 1.04. The standard InChI is InChI=1S/C13H14ClFN2O/c14-10-5-8(1-2-11(10)15)13(18)17-4-3-9-6-16-7-12(9)17/h1-2,5,9,12,16H,3-4,6-7H2/t9-,12+/m0/s1. The Labute approximate surface area is 110 Å². The van der Waals surface area contributed by atoms with Crippen molar-refractivity contribution in [2.75, 3.05) is 19.6 Å². The topological polar surface area (TPSA) is 32.3 Å². The molecule has 18 heavy (non-hydrogen) atoms. The molecule has 0 aromatic heterocycles. The highest BCUT2D eigenvalue weighted by atomic mass is 35.5. The minimum atomic E-state index is -0.491. The number of fused-ring (bicyclic) bond motifs is 1. The van der Waals surface area contributed by atoms with Crippen LogP contribution in [0.1, 0.15) is 16.8 Å². The summed E-state index contributed by atoms with van der Waals surface area (Å²) in [5.74, 6) is 0.0213. The lowest BCUT2D eigenvalue weighted by atomic mass is 10.0. The first kappa shape index (κ1) is 11.9. The molecule has 0 unspecified atom stereocenters. The maximum atomic E-state index is 13.1. The minimum Gasteiger partial charge on any atom is -0.334 e. The van der Waals surface area contributed by atoms with Crippen molar-refractivity contribution in [3.63, 3.8) is 0 Å². The van der Waals surface area contributed by atoms with Gasteiger partial charge in [-0.3, -0.25) is 4.79 Å². The number of hydrogen-bond donors (Lipinski definition) is 1. The predicted octanol–water partition coefficient (Wildman–Crippen LogP) is 1.91. The van der Waals surface area contributed by atoms with Crippen LogP contribution in [0.15, 0.2) is 18.2 Å². The van der Waals surface area contributed by atoms with Crippen LogP contribution in [0.2, 0.25) is 5.02 Å². The number of benzene rings is 1. The summed E-state index contributed by atoms with van der Waals surface area (Å²) in [5, 5.41) is 3.30. The smallest absolute Gasteiger partial charge is 0.254 e. The molecule has 96 valence electrons. The van der Waals surface area contributed by atoms with Gasteiger partial charge in [-0.25, -0.2) is 4.39 Å². The van der Waals surface area contributed by atoms with Gasteiger partial charge in [0.25, 0.3) is 5.91 Å². The molecule has 1 N–H and O–H groups in total. The van der Waals surface area contributed by atoms with Crippen molar-refractivity contribution in [2.24, 2.45) is 5.92 Å². The number of hydrogen-bond acceptors (Lipinski definition) is 2. The molecular formula is C13H14ClFN2O. The second kappa shape index (κ2) is 4.52. The molecule has 2 atom stereocenters. The van der Waals surface area contributed by atoms with Gasteiger partial charge in [-0.1, -0.05) is 11.6 Å². The Morgan fingerprint density at radius 2 is 2.28 bits per heavy atom. The van der Waals surface area contributed by atoms with Crippen LogP contribution in [-0.2, 0) is 0 Å². The summed E-state index contributed by atoms with van der Waals surface area (Å²) < 4.78 is 13.1. The number of halogens is 2. The van der Waals surface area contributed by atoms with Crippen molar-refractivity contribution in [3.05, 3.63) is 34.6 Å². The van der Waals surface area contributed by atoms with Crippen LogP contribution in [0.4, 0.5) is 4.39 Å². The molecule has 5 heteroatoms. The summed E-state index contributed by atoms with van der Waals surface area (Å²) in [6.45, 7) is 2.62. The molecule has 2 fully saturated rings. The van der Waals surface area contributed by atoms with Crippen LogP contribution >= 0.6 is 11.6 Å². The largest absolute Gasteiger partial charge is 0.334 e. The molecule has 2 aliphatic rings. The third kappa shape index (κ3) is 1.89. The van der Waals surface area contributed by atoms with Crippen LogP contribution in [0, 0.1) is 11.7 Å². The zero-order valence-corrected chi connectivity index (χ0v) is 10.6. The predicted molar refractivity (Wildman–Crippen MR) is 67.2 cm³/mol. The number of nitrogens with one attached hydrogen (secondary N) is 1. The van der Waals surface area contributed by atoms with E-state index in [9.17, 15) is 9.18 Å². The zero-order chi connectivity index (χ0) is 12.7. The molecule has 0 bridgehead atoms. The average Bonchev–Trinajstić information content (AvgIpc) is 2.93. The fourth-order valence-electron chi connectivity index (χ4n) is 2.90. The summed E-state index contributed by atoms with van der Waals surface area (Å²) in [4.78, 5) is 14.3. The third-order valence-electron chi connectivity index (χ3n) is 3.87. The highest BCUT2D eigenvalue weighted by molar-refractivity contribution is 6.31. The van der Waals surface area contributed by atoms with Gasteiger partial charge in [-0.2, -0.15) is 0 Å². The van der Waals surface area contributed by atoms with Gasteiger partial charge in [0.2, 0.25) is 0 Å². The quantitative estimate of drug-likeness (QED) is 0.844. The van der Waals surface area contributed by atoms with E-state index in [2.05, 4.69) is 5.32 Å². The molecule has 0 spiro atoms. The lowest BCUT2D eigenvalue weighted by Gasteiger charge is -2.23. The molecule has 0 aliphatic carbocycles. The van der Waals surface area contributed by atoms with Crippen LogP contribution in [0.25, 0.3) is 0 Å². The van der Waals surface area contributed by atoms with Crippen LogP contribution < -0.4 is 5.32 Å².